The first-order valence-electron chi connectivity index (χ1n) is 28.6. The van der Waals surface area contributed by atoms with Crippen LogP contribution in [0, 0.1) is 23.7 Å². The van der Waals surface area contributed by atoms with Crippen LogP contribution in [0.5, 0.6) is 0 Å². The maximum absolute atomic E-state index is 13.3. The van der Waals surface area contributed by atoms with Crippen LogP contribution in [-0.2, 0) is 17.9 Å². The van der Waals surface area contributed by atoms with E-state index in [1.54, 1.807) is 6.07 Å². The molecular formula is C60H82N4O9. The Balaban J connectivity index is 0.878. The van der Waals surface area contributed by atoms with Gasteiger partial charge in [0.2, 0.25) is 11.8 Å². The number of unbranched alkanes of at least 4 members (excludes halogenated alkanes) is 18. The Labute approximate surface area is 431 Å². The van der Waals surface area contributed by atoms with E-state index in [1.165, 1.54) is 163 Å². The molecule has 0 radical (unpaired) electrons. The van der Waals surface area contributed by atoms with Gasteiger partial charge in [-0.15, -0.1) is 0 Å². The quantitative estimate of drug-likeness (QED) is 0.0364. The zero-order valence-electron chi connectivity index (χ0n) is 44.5. The van der Waals surface area contributed by atoms with Gasteiger partial charge in [0, 0.05) is 32.5 Å². The van der Waals surface area contributed by atoms with Crippen LogP contribution in [0.3, 0.4) is 0 Å². The zero-order chi connectivity index (χ0) is 52.2. The minimum atomic E-state index is -0.761. The van der Waals surface area contributed by atoms with Crippen molar-refractivity contribution in [2.75, 3.05) is 6.54 Å². The van der Waals surface area contributed by atoms with E-state index in [0.29, 0.717) is 34.2 Å². The first-order chi connectivity index (χ1) is 35.3. The van der Waals surface area contributed by atoms with Crippen molar-refractivity contribution in [1.29, 1.82) is 0 Å². The van der Waals surface area contributed by atoms with Gasteiger partial charge in [0.1, 0.15) is 0 Å². The number of imide groups is 2. The van der Waals surface area contributed by atoms with Crippen LogP contribution in [0.15, 0.2) is 43.4 Å². The summed E-state index contributed by atoms with van der Waals surface area (Å²) in [5.74, 6) is 1.02. The van der Waals surface area contributed by atoms with Crippen LogP contribution in [0.1, 0.15) is 249 Å². The largest absolute Gasteiger partial charge is 0.275 e. The molecule has 2 aromatic heterocycles. The summed E-state index contributed by atoms with van der Waals surface area (Å²) in [4.78, 5) is 118. The predicted molar refractivity (Wildman–Crippen MR) is 288 cm³/mol. The standard InChI is InChI=1S/C60H82N4O9/c1-5-7-9-11-17-23-29-45-42(27-21-10-8-6-2)31-32-43(28-22-16-12-14-19-26-34-62-57(70)50-37-52-53(38-51(50)58(62)71)60(73)64(41(4)66)59(52)72)46(45)30-24-18-13-15-20-25-33-61-55(68)48-35-44-39-63(40(3)65)54(67)47(44)36-49(48)56(61)69/h35-38,42-43,45-46H,5-34,39H2,1-4H3. The summed E-state index contributed by atoms with van der Waals surface area (Å²) in [7, 11) is 0. The summed E-state index contributed by atoms with van der Waals surface area (Å²) >= 11 is 0. The monoisotopic (exact) mass is 1000 g/mol. The number of hydrogen-bond acceptors (Lipinski definition) is 9. The normalized spacial score (nSPS) is 18.8. The smallest absolute Gasteiger partial charge is 0.268 e. The van der Waals surface area contributed by atoms with Crippen molar-refractivity contribution in [2.45, 2.75) is 221 Å². The molecule has 0 bridgehead atoms. The van der Waals surface area contributed by atoms with Crippen molar-refractivity contribution in [1.82, 2.24) is 18.9 Å². The molecule has 0 saturated heterocycles. The van der Waals surface area contributed by atoms with Gasteiger partial charge in [-0.3, -0.25) is 57.5 Å². The maximum Gasteiger partial charge on any atom is 0.268 e. The number of nitrogens with zero attached hydrogens (tertiary/aromatic N) is 4. The highest BCUT2D eigenvalue weighted by molar-refractivity contribution is 6.22. The van der Waals surface area contributed by atoms with Crippen LogP contribution in [0.25, 0.3) is 21.5 Å². The first-order valence-corrected chi connectivity index (χ1v) is 28.6. The van der Waals surface area contributed by atoms with Gasteiger partial charge in [-0.2, -0.15) is 0 Å². The molecule has 13 heteroatoms. The van der Waals surface area contributed by atoms with Gasteiger partial charge < -0.3 is 0 Å². The fourth-order valence-electron chi connectivity index (χ4n) is 13.0. The molecule has 4 unspecified atom stereocenters. The lowest BCUT2D eigenvalue weighted by Gasteiger charge is -2.44. The van der Waals surface area contributed by atoms with E-state index in [1.807, 2.05) is 0 Å². The Bertz CT molecular complexity index is 2750. The van der Waals surface area contributed by atoms with Crippen LogP contribution in [-0.4, -0.2) is 55.0 Å². The number of aromatic nitrogens is 2. The molecule has 73 heavy (non-hydrogen) atoms. The van der Waals surface area contributed by atoms with E-state index in [4.69, 9.17) is 0 Å². The molecule has 1 saturated carbocycles. The lowest BCUT2D eigenvalue weighted by Crippen LogP contribution is -2.35. The molecule has 1 aliphatic carbocycles. The second-order valence-corrected chi connectivity index (χ2v) is 22.0. The first kappa shape index (κ1) is 55.4. The van der Waals surface area contributed by atoms with E-state index in [9.17, 15) is 43.2 Å². The highest BCUT2D eigenvalue weighted by Crippen LogP contribution is 2.48. The topological polar surface area (TPSA) is 170 Å². The minimum absolute atomic E-state index is 0.0146. The van der Waals surface area contributed by atoms with Crippen molar-refractivity contribution >= 4 is 51.1 Å². The summed E-state index contributed by atoms with van der Waals surface area (Å²) < 4.78 is 1.77. The predicted octanol–water partition coefficient (Wildman–Crippen LogP) is 11.8. The van der Waals surface area contributed by atoms with Crippen molar-refractivity contribution < 1.29 is 24.0 Å². The average molecular weight is 1000 g/mol. The molecule has 2 aliphatic heterocycles. The fourth-order valence-corrected chi connectivity index (χ4v) is 13.0. The summed E-state index contributed by atoms with van der Waals surface area (Å²) in [5, 5.41) is 0.193. The molecule has 396 valence electrons. The molecule has 4 atom stereocenters. The summed E-state index contributed by atoms with van der Waals surface area (Å²) in [6.07, 6.45) is 33.7. The Morgan fingerprint density at radius 3 is 1.33 bits per heavy atom. The van der Waals surface area contributed by atoms with Crippen LogP contribution < -0.4 is 22.2 Å². The molecule has 2 aromatic carbocycles. The van der Waals surface area contributed by atoms with Gasteiger partial charge in [0.25, 0.3) is 40.0 Å². The van der Waals surface area contributed by atoms with E-state index >= 15 is 0 Å². The van der Waals surface area contributed by atoms with Gasteiger partial charge in [-0.05, 0) is 92.0 Å². The van der Waals surface area contributed by atoms with Gasteiger partial charge in [-0.25, -0.2) is 4.57 Å². The Morgan fingerprint density at radius 2 is 0.849 bits per heavy atom. The average Bonchev–Trinajstić information content (AvgIpc) is 4.00. The van der Waals surface area contributed by atoms with Gasteiger partial charge in [0.05, 0.1) is 39.2 Å². The number of hydrogen-bond donors (Lipinski definition) is 0. The summed E-state index contributed by atoms with van der Waals surface area (Å²) in [5.41, 5.74) is -0.910. The number of carbonyl (C=O) groups excluding carboxylic acids is 5. The Kier molecular flexibility index (Phi) is 19.9. The highest BCUT2D eigenvalue weighted by atomic mass is 16.2. The van der Waals surface area contributed by atoms with Crippen molar-refractivity contribution in [3.63, 3.8) is 0 Å². The van der Waals surface area contributed by atoms with Crippen molar-refractivity contribution in [3.05, 3.63) is 87.9 Å². The number of fused-ring (bicyclic) bond motifs is 4. The second-order valence-electron chi connectivity index (χ2n) is 22.0. The summed E-state index contributed by atoms with van der Waals surface area (Å²) in [6.45, 7) is 7.83. The SMILES string of the molecule is CCCCCCCCC1C(CCCCCC)CCC(CCCCCCCCn2c(=O)c3cc4c(=O)n(C(C)=O)c(=O)c4cc3c2=O)C1CCCCCCCCN1C(=O)c2cc3c(cc2C1=O)C(=O)N(C(C)=O)C3. The summed E-state index contributed by atoms with van der Waals surface area (Å²) in [6, 6.07) is 5.74. The van der Waals surface area contributed by atoms with Crippen LogP contribution >= 0.6 is 0 Å². The highest BCUT2D eigenvalue weighted by Gasteiger charge is 2.40. The molecule has 4 aromatic rings. The Hall–Kier alpha value is -5.33. The van der Waals surface area contributed by atoms with E-state index in [0.717, 1.165) is 80.4 Å². The van der Waals surface area contributed by atoms with Crippen molar-refractivity contribution in [2.24, 2.45) is 23.7 Å². The maximum atomic E-state index is 13.3. The molecule has 1 fully saturated rings. The minimum Gasteiger partial charge on any atom is -0.275 e. The molecule has 7 rings (SSSR count). The van der Waals surface area contributed by atoms with E-state index < -0.39 is 34.1 Å². The van der Waals surface area contributed by atoms with Crippen LogP contribution in [0.4, 0.5) is 0 Å². The number of benzene rings is 2. The molecule has 0 N–H and O–H groups in total. The third-order valence-electron chi connectivity index (χ3n) is 17.0. The lowest BCUT2D eigenvalue weighted by molar-refractivity contribution is -0.126. The van der Waals surface area contributed by atoms with E-state index in [-0.39, 0.29) is 57.9 Å². The third kappa shape index (κ3) is 12.8. The van der Waals surface area contributed by atoms with Gasteiger partial charge in [-0.1, -0.05) is 155 Å². The molecule has 4 heterocycles. The second kappa shape index (κ2) is 26.2. The fraction of sp³-hybridized carbons (Fsp3) is 0.650. The molecule has 3 aliphatic rings. The molecule has 0 spiro atoms. The number of rotatable bonds is 30. The van der Waals surface area contributed by atoms with Gasteiger partial charge in [0.15, 0.2) is 0 Å². The zero-order valence-corrected chi connectivity index (χ0v) is 44.5. The molecule has 4 amide bonds. The van der Waals surface area contributed by atoms with Crippen LogP contribution in [0.2, 0.25) is 0 Å². The van der Waals surface area contributed by atoms with Gasteiger partial charge >= 0.3 is 0 Å². The number of amides is 4. The lowest BCUT2D eigenvalue weighted by atomic mass is 9.61. The molecule has 13 nitrogen and oxygen atoms in total. The molecular weight excluding hydrogens is 921 g/mol. The van der Waals surface area contributed by atoms with Crippen molar-refractivity contribution in [3.8, 4) is 0 Å². The third-order valence-corrected chi connectivity index (χ3v) is 17.0. The Morgan fingerprint density at radius 1 is 0.438 bits per heavy atom. The number of carbonyl (C=O) groups is 5. The van der Waals surface area contributed by atoms with E-state index in [2.05, 4.69) is 13.8 Å².